The van der Waals surface area contributed by atoms with Gasteiger partial charge in [0.25, 0.3) is 6.16 Å². The summed E-state index contributed by atoms with van der Waals surface area (Å²) in [5.74, 6) is 2.58. The first-order valence-corrected chi connectivity index (χ1v) is 6.56. The first-order chi connectivity index (χ1) is 9.18. The maximum Gasteiger partial charge on any atom is 0.252 e. The molecule has 0 amide bonds. The molecule has 2 atom stereocenters. The second-order valence-electron chi connectivity index (χ2n) is 5.01. The maximum atomic E-state index is 10.9. The van der Waals surface area contributed by atoms with Crippen molar-refractivity contribution in [2.45, 2.75) is 43.6 Å². The minimum atomic E-state index is -1.49. The summed E-state index contributed by atoms with van der Waals surface area (Å²) >= 11 is 0. The summed E-state index contributed by atoms with van der Waals surface area (Å²) in [5.41, 5.74) is 0.256. The highest BCUT2D eigenvalue weighted by Crippen LogP contribution is 2.45. The average molecular weight is 257 g/mol. The molecule has 0 saturated heterocycles. The number of carboxylic acid groups (broad SMARTS) is 1. The van der Waals surface area contributed by atoms with Crippen molar-refractivity contribution < 1.29 is 14.6 Å². The van der Waals surface area contributed by atoms with Gasteiger partial charge in [-0.25, -0.2) is 0 Å². The van der Waals surface area contributed by atoms with Crippen LogP contribution in [0.3, 0.4) is 0 Å². The van der Waals surface area contributed by atoms with Gasteiger partial charge in [-0.2, -0.15) is 0 Å². The number of rotatable bonds is 3. The van der Waals surface area contributed by atoms with Crippen LogP contribution in [0.15, 0.2) is 30.3 Å². The van der Waals surface area contributed by atoms with E-state index in [2.05, 4.69) is 5.92 Å². The second kappa shape index (κ2) is 5.79. The lowest BCUT2D eigenvalue weighted by Gasteiger charge is -2.46. The zero-order chi connectivity index (χ0) is 13.7. The molecule has 0 radical (unpaired) electrons. The van der Waals surface area contributed by atoms with Gasteiger partial charge in [-0.15, -0.1) is 12.3 Å². The van der Waals surface area contributed by atoms with Crippen LogP contribution in [0.4, 0.5) is 4.79 Å². The van der Waals surface area contributed by atoms with Crippen LogP contribution in [0.5, 0.6) is 0 Å². The minimum Gasteiger partial charge on any atom is -0.541 e. The van der Waals surface area contributed by atoms with Gasteiger partial charge in [-0.3, -0.25) is 0 Å². The molecule has 3 nitrogen and oxygen atoms in total. The third-order valence-corrected chi connectivity index (χ3v) is 3.87. The zero-order valence-corrected chi connectivity index (χ0v) is 10.8. The normalized spacial score (nSPS) is 26.4. The molecule has 0 bridgehead atoms. The van der Waals surface area contributed by atoms with Gasteiger partial charge in [-0.05, 0) is 18.4 Å². The minimum absolute atomic E-state index is 0.0106. The van der Waals surface area contributed by atoms with E-state index in [-0.39, 0.29) is 5.92 Å². The van der Waals surface area contributed by atoms with E-state index in [1.807, 2.05) is 30.3 Å². The Kier molecular flexibility index (Phi) is 4.11. The molecule has 0 heterocycles. The summed E-state index contributed by atoms with van der Waals surface area (Å²) in [7, 11) is 0. The Bertz CT molecular complexity index is 475. The average Bonchev–Trinajstić information content (AvgIpc) is 2.39. The van der Waals surface area contributed by atoms with Crippen LogP contribution >= 0.6 is 0 Å². The number of carbonyl (C=O) groups excluding carboxylic acids is 1. The van der Waals surface area contributed by atoms with Gasteiger partial charge in [-0.1, -0.05) is 43.2 Å². The van der Waals surface area contributed by atoms with E-state index in [1.165, 1.54) is 0 Å². The first kappa shape index (κ1) is 13.5. The van der Waals surface area contributed by atoms with E-state index in [4.69, 9.17) is 11.2 Å². The van der Waals surface area contributed by atoms with Crippen LogP contribution in [0.1, 0.15) is 43.6 Å². The van der Waals surface area contributed by atoms with Crippen molar-refractivity contribution in [3.63, 3.8) is 0 Å². The Balaban J connectivity index is 2.36. The molecule has 0 spiro atoms. The van der Waals surface area contributed by atoms with E-state index in [1.54, 1.807) is 0 Å². The van der Waals surface area contributed by atoms with E-state index < -0.39 is 11.8 Å². The van der Waals surface area contributed by atoms with Crippen molar-refractivity contribution >= 4 is 6.16 Å². The highest BCUT2D eigenvalue weighted by molar-refractivity contribution is 5.55. The number of terminal acetylenes is 1. The van der Waals surface area contributed by atoms with E-state index in [0.29, 0.717) is 12.8 Å². The Morgan fingerprint density at radius 2 is 2.16 bits per heavy atom. The van der Waals surface area contributed by atoms with Crippen molar-refractivity contribution in [3.05, 3.63) is 35.9 Å². The highest BCUT2D eigenvalue weighted by atomic mass is 16.7. The first-order valence-electron chi connectivity index (χ1n) is 6.56. The fourth-order valence-corrected chi connectivity index (χ4v) is 3.07. The van der Waals surface area contributed by atoms with Crippen LogP contribution in [0, 0.1) is 12.3 Å². The fourth-order valence-electron chi connectivity index (χ4n) is 3.07. The van der Waals surface area contributed by atoms with Gasteiger partial charge in [0.1, 0.15) is 0 Å². The van der Waals surface area contributed by atoms with Crippen LogP contribution in [0.2, 0.25) is 0 Å². The predicted molar refractivity (Wildman–Crippen MR) is 70.3 cm³/mol. The number of hydrogen-bond donors (Lipinski definition) is 0. The van der Waals surface area contributed by atoms with Crippen LogP contribution in [-0.4, -0.2) is 11.8 Å². The van der Waals surface area contributed by atoms with Crippen molar-refractivity contribution in [2.24, 2.45) is 0 Å². The van der Waals surface area contributed by atoms with E-state index in [0.717, 1.165) is 24.8 Å². The third-order valence-electron chi connectivity index (χ3n) is 3.87. The summed E-state index contributed by atoms with van der Waals surface area (Å²) in [4.78, 5) is 10.9. The van der Waals surface area contributed by atoms with Crippen LogP contribution in [-0.2, 0) is 4.74 Å². The number of benzene rings is 1. The van der Waals surface area contributed by atoms with E-state index >= 15 is 0 Å². The maximum absolute atomic E-state index is 10.9. The summed E-state index contributed by atoms with van der Waals surface area (Å²) in [6.07, 6.45) is 7.75. The Labute approximate surface area is 113 Å². The number of carbonyl (C=O) groups is 1. The smallest absolute Gasteiger partial charge is 0.252 e. The van der Waals surface area contributed by atoms with E-state index in [9.17, 15) is 9.90 Å². The monoisotopic (exact) mass is 257 g/mol. The molecule has 19 heavy (non-hydrogen) atoms. The quantitative estimate of drug-likeness (QED) is 0.617. The van der Waals surface area contributed by atoms with Gasteiger partial charge in [0.15, 0.2) is 0 Å². The molecular formula is C16H17O3-. The lowest BCUT2D eigenvalue weighted by Crippen LogP contribution is -2.46. The van der Waals surface area contributed by atoms with Crippen molar-refractivity contribution in [1.82, 2.24) is 0 Å². The van der Waals surface area contributed by atoms with Gasteiger partial charge >= 0.3 is 0 Å². The van der Waals surface area contributed by atoms with Gasteiger partial charge in [0.2, 0.25) is 0 Å². The largest absolute Gasteiger partial charge is 0.541 e. The topological polar surface area (TPSA) is 49.4 Å². The molecule has 2 rings (SSSR count). The molecule has 0 aliphatic heterocycles. The number of ether oxygens (including phenoxy) is 1. The van der Waals surface area contributed by atoms with Crippen molar-refractivity contribution in [1.29, 1.82) is 0 Å². The standard InChI is InChI=1S/C16H18O3/c1-2-11-16(19-15(17)18)12-7-6-10-14(16)13-8-4-3-5-9-13/h1,3-5,8-9,14H,6-7,10-12H2,(H,17,18)/p-1. The molecule has 1 aliphatic rings. The molecule has 100 valence electrons. The molecule has 3 heteroatoms. The predicted octanol–water partition coefficient (Wildman–Crippen LogP) is 2.47. The van der Waals surface area contributed by atoms with Crippen LogP contribution in [0.25, 0.3) is 0 Å². The summed E-state index contributed by atoms with van der Waals surface area (Å²) in [5, 5.41) is 10.9. The lowest BCUT2D eigenvalue weighted by atomic mass is 9.70. The zero-order valence-electron chi connectivity index (χ0n) is 10.8. The van der Waals surface area contributed by atoms with Gasteiger partial charge in [0.05, 0.1) is 5.60 Å². The Morgan fingerprint density at radius 1 is 1.42 bits per heavy atom. The fraction of sp³-hybridized carbons (Fsp3) is 0.438. The molecule has 1 aromatic carbocycles. The molecule has 2 unspecified atom stereocenters. The number of hydrogen-bond acceptors (Lipinski definition) is 3. The lowest BCUT2D eigenvalue weighted by molar-refractivity contribution is -0.298. The molecule has 1 saturated carbocycles. The molecule has 0 aromatic heterocycles. The van der Waals surface area contributed by atoms with Crippen LogP contribution < -0.4 is 5.11 Å². The summed E-state index contributed by atoms with van der Waals surface area (Å²) < 4.78 is 5.15. The third kappa shape index (κ3) is 2.90. The molecular weight excluding hydrogens is 240 g/mol. The highest BCUT2D eigenvalue weighted by Gasteiger charge is 2.40. The van der Waals surface area contributed by atoms with Gasteiger partial charge in [0, 0.05) is 12.3 Å². The molecule has 1 aliphatic carbocycles. The second-order valence-corrected chi connectivity index (χ2v) is 5.01. The SMILES string of the molecule is C#CCC1(OC(=O)[O-])CCCCC1c1ccccc1. The van der Waals surface area contributed by atoms with Crippen molar-refractivity contribution in [3.8, 4) is 12.3 Å². The molecule has 0 N–H and O–H groups in total. The Morgan fingerprint density at radius 3 is 2.79 bits per heavy atom. The Hall–Kier alpha value is -1.95. The van der Waals surface area contributed by atoms with Gasteiger partial charge < -0.3 is 14.6 Å². The summed E-state index contributed by atoms with van der Waals surface area (Å²) in [6.45, 7) is 0. The molecule has 1 fully saturated rings. The van der Waals surface area contributed by atoms with Crippen molar-refractivity contribution in [2.75, 3.05) is 0 Å². The summed E-state index contributed by atoms with van der Waals surface area (Å²) in [6, 6.07) is 9.84. The molecule has 1 aromatic rings.